The summed E-state index contributed by atoms with van der Waals surface area (Å²) in [5, 5.41) is 7.33. The molecule has 0 aliphatic carbocycles. The van der Waals surface area contributed by atoms with Gasteiger partial charge in [0.15, 0.2) is 5.96 Å². The highest BCUT2D eigenvalue weighted by molar-refractivity contribution is 14.0. The molecule has 0 aromatic heterocycles. The molecule has 2 aromatic rings. The number of halogens is 2. The number of ether oxygens (including phenoxy) is 1. The van der Waals surface area contributed by atoms with E-state index in [0.29, 0.717) is 19.7 Å². The Balaban J connectivity index is 0.00000288. The largest absolute Gasteiger partial charge is 0.380 e. The Labute approximate surface area is 165 Å². The maximum atomic E-state index is 5.89. The number of hydrogen-bond acceptors (Lipinski definition) is 2. The number of aliphatic imine (C=N–C) groups is 1. The second kappa shape index (κ2) is 11.3. The fourth-order valence-corrected chi connectivity index (χ4v) is 2.24. The van der Waals surface area contributed by atoms with Crippen molar-refractivity contribution in [2.45, 2.75) is 19.7 Å². The number of methoxy groups -OCH3 is 1. The van der Waals surface area contributed by atoms with Crippen molar-refractivity contribution >= 4 is 41.5 Å². The van der Waals surface area contributed by atoms with Crippen LogP contribution in [0.1, 0.15) is 16.7 Å². The summed E-state index contributed by atoms with van der Waals surface area (Å²) in [6, 6.07) is 16.1. The molecule has 2 rings (SSSR count). The van der Waals surface area contributed by atoms with Crippen LogP contribution in [0.3, 0.4) is 0 Å². The van der Waals surface area contributed by atoms with Crippen LogP contribution in [0.5, 0.6) is 0 Å². The Morgan fingerprint density at radius 1 is 0.917 bits per heavy atom. The molecule has 0 aliphatic heterocycles. The monoisotopic (exact) mass is 459 g/mol. The number of hydrogen-bond donors (Lipinski definition) is 2. The van der Waals surface area contributed by atoms with Crippen LogP contribution in [0.4, 0.5) is 0 Å². The zero-order chi connectivity index (χ0) is 16.5. The van der Waals surface area contributed by atoms with E-state index >= 15 is 0 Å². The van der Waals surface area contributed by atoms with Gasteiger partial charge in [0, 0.05) is 32.3 Å². The minimum absolute atomic E-state index is 0. The molecule has 0 saturated heterocycles. The first kappa shape index (κ1) is 20.7. The first-order valence-electron chi connectivity index (χ1n) is 7.47. The average molecular weight is 460 g/mol. The number of guanidine groups is 1. The van der Waals surface area contributed by atoms with Gasteiger partial charge in [0.2, 0.25) is 0 Å². The van der Waals surface area contributed by atoms with Crippen molar-refractivity contribution in [1.29, 1.82) is 0 Å². The molecule has 0 radical (unpaired) electrons. The normalized spacial score (nSPS) is 10.9. The average Bonchev–Trinajstić information content (AvgIpc) is 2.58. The third-order valence-electron chi connectivity index (χ3n) is 3.39. The lowest BCUT2D eigenvalue weighted by Crippen LogP contribution is -2.36. The molecule has 0 saturated carbocycles. The Hall–Kier alpha value is -1.31. The maximum Gasteiger partial charge on any atom is 0.191 e. The van der Waals surface area contributed by atoms with Gasteiger partial charge >= 0.3 is 0 Å². The van der Waals surface area contributed by atoms with Crippen molar-refractivity contribution in [3.63, 3.8) is 0 Å². The van der Waals surface area contributed by atoms with Gasteiger partial charge in [-0.3, -0.25) is 4.99 Å². The highest BCUT2D eigenvalue weighted by Gasteiger charge is 2.00. The molecule has 0 fully saturated rings. The fourth-order valence-electron chi connectivity index (χ4n) is 2.11. The van der Waals surface area contributed by atoms with E-state index < -0.39 is 0 Å². The molecule has 0 aliphatic rings. The van der Waals surface area contributed by atoms with Crippen LogP contribution in [0.15, 0.2) is 53.5 Å². The van der Waals surface area contributed by atoms with E-state index in [9.17, 15) is 0 Å². The van der Waals surface area contributed by atoms with Crippen molar-refractivity contribution in [3.05, 3.63) is 70.2 Å². The van der Waals surface area contributed by atoms with Gasteiger partial charge in [-0.2, -0.15) is 0 Å². The SMILES string of the molecule is CN=C(NCc1ccc(Cl)cc1)NCc1ccc(COC)cc1.I. The van der Waals surface area contributed by atoms with Crippen molar-refractivity contribution in [2.24, 2.45) is 4.99 Å². The molecule has 6 heteroatoms. The molecular weight excluding hydrogens is 437 g/mol. The second-order valence-electron chi connectivity index (χ2n) is 5.16. The van der Waals surface area contributed by atoms with Crippen molar-refractivity contribution in [2.75, 3.05) is 14.2 Å². The lowest BCUT2D eigenvalue weighted by atomic mass is 10.1. The number of benzene rings is 2. The predicted molar refractivity (Wildman–Crippen MR) is 111 cm³/mol. The van der Waals surface area contributed by atoms with E-state index in [2.05, 4.69) is 39.9 Å². The van der Waals surface area contributed by atoms with E-state index in [1.54, 1.807) is 14.2 Å². The summed E-state index contributed by atoms with van der Waals surface area (Å²) in [5.41, 5.74) is 3.52. The first-order valence-corrected chi connectivity index (χ1v) is 7.85. The van der Waals surface area contributed by atoms with Crippen molar-refractivity contribution in [1.82, 2.24) is 10.6 Å². The number of nitrogens with zero attached hydrogens (tertiary/aromatic N) is 1. The zero-order valence-corrected chi connectivity index (χ0v) is 17.0. The third-order valence-corrected chi connectivity index (χ3v) is 3.64. The molecule has 130 valence electrons. The molecule has 0 amide bonds. The van der Waals surface area contributed by atoms with Crippen molar-refractivity contribution < 1.29 is 4.74 Å². The zero-order valence-electron chi connectivity index (χ0n) is 13.9. The fraction of sp³-hybridized carbons (Fsp3) is 0.278. The molecule has 0 unspecified atom stereocenters. The highest BCUT2D eigenvalue weighted by atomic mass is 127. The summed E-state index contributed by atoms with van der Waals surface area (Å²) < 4.78 is 5.11. The van der Waals surface area contributed by atoms with Crippen LogP contribution in [-0.2, 0) is 24.4 Å². The van der Waals surface area contributed by atoms with Crippen LogP contribution >= 0.6 is 35.6 Å². The Kier molecular flexibility index (Phi) is 9.75. The lowest BCUT2D eigenvalue weighted by molar-refractivity contribution is 0.185. The minimum Gasteiger partial charge on any atom is -0.380 e. The third kappa shape index (κ3) is 7.07. The van der Waals surface area contributed by atoms with Gasteiger partial charge in [-0.15, -0.1) is 24.0 Å². The second-order valence-corrected chi connectivity index (χ2v) is 5.59. The van der Waals surface area contributed by atoms with Gasteiger partial charge in [0.25, 0.3) is 0 Å². The summed E-state index contributed by atoms with van der Waals surface area (Å²) in [5.74, 6) is 0.765. The number of nitrogens with one attached hydrogen (secondary N) is 2. The van der Waals surface area contributed by atoms with Crippen LogP contribution in [0.25, 0.3) is 0 Å². The van der Waals surface area contributed by atoms with Crippen LogP contribution in [-0.4, -0.2) is 20.1 Å². The Bertz CT molecular complexity index is 630. The van der Waals surface area contributed by atoms with Gasteiger partial charge in [0.05, 0.1) is 6.61 Å². The molecular formula is C18H23ClIN3O. The summed E-state index contributed by atoms with van der Waals surface area (Å²) in [6.45, 7) is 2.05. The van der Waals surface area contributed by atoms with E-state index in [4.69, 9.17) is 16.3 Å². The van der Waals surface area contributed by atoms with Crippen molar-refractivity contribution in [3.8, 4) is 0 Å². The summed E-state index contributed by atoms with van der Waals surface area (Å²) >= 11 is 5.89. The van der Waals surface area contributed by atoms with E-state index in [0.717, 1.165) is 16.5 Å². The van der Waals surface area contributed by atoms with Gasteiger partial charge < -0.3 is 15.4 Å². The summed E-state index contributed by atoms with van der Waals surface area (Å²) in [4.78, 5) is 4.23. The minimum atomic E-state index is 0. The van der Waals surface area contributed by atoms with Gasteiger partial charge in [-0.1, -0.05) is 48.0 Å². The maximum absolute atomic E-state index is 5.89. The smallest absolute Gasteiger partial charge is 0.191 e. The van der Waals surface area contributed by atoms with Crippen LogP contribution in [0, 0.1) is 0 Å². The van der Waals surface area contributed by atoms with Gasteiger partial charge in [-0.25, -0.2) is 0 Å². The summed E-state index contributed by atoms with van der Waals surface area (Å²) in [7, 11) is 3.46. The van der Waals surface area contributed by atoms with Crippen LogP contribution in [0.2, 0.25) is 5.02 Å². The highest BCUT2D eigenvalue weighted by Crippen LogP contribution is 2.09. The molecule has 0 spiro atoms. The first-order chi connectivity index (χ1) is 11.2. The van der Waals surface area contributed by atoms with E-state index in [1.165, 1.54) is 11.1 Å². The number of rotatable bonds is 6. The lowest BCUT2D eigenvalue weighted by Gasteiger charge is -2.12. The Morgan fingerprint density at radius 2 is 1.38 bits per heavy atom. The van der Waals surface area contributed by atoms with E-state index in [-0.39, 0.29) is 24.0 Å². The molecule has 0 atom stereocenters. The molecule has 0 heterocycles. The molecule has 2 aromatic carbocycles. The quantitative estimate of drug-likeness (QED) is 0.390. The van der Waals surface area contributed by atoms with Gasteiger partial charge in [0.1, 0.15) is 0 Å². The summed E-state index contributed by atoms with van der Waals surface area (Å²) in [6.07, 6.45) is 0. The molecule has 24 heavy (non-hydrogen) atoms. The van der Waals surface area contributed by atoms with Crippen LogP contribution < -0.4 is 10.6 Å². The standard InChI is InChI=1S/C18H22ClN3O.HI/c1-20-18(22-12-15-7-9-17(19)10-8-15)21-11-14-3-5-16(6-4-14)13-23-2;/h3-10H,11-13H2,1-2H3,(H2,20,21,22);1H. The molecule has 2 N–H and O–H groups in total. The molecule has 0 bridgehead atoms. The topological polar surface area (TPSA) is 45.7 Å². The van der Waals surface area contributed by atoms with E-state index in [1.807, 2.05) is 24.3 Å². The Morgan fingerprint density at radius 3 is 1.83 bits per heavy atom. The van der Waals surface area contributed by atoms with Gasteiger partial charge in [-0.05, 0) is 28.8 Å². The predicted octanol–water partition coefficient (Wildman–Crippen LogP) is 3.97. The molecule has 4 nitrogen and oxygen atoms in total.